The second-order valence-corrected chi connectivity index (χ2v) is 6.79. The molecule has 0 amide bonds. The zero-order chi connectivity index (χ0) is 13.7. The molecular weight excluding hydrogens is 224 g/mol. The van der Waals surface area contributed by atoms with Crippen LogP contribution < -0.4 is 0 Å². The molecule has 1 aliphatic rings. The van der Waals surface area contributed by atoms with Crippen molar-refractivity contribution in [3.05, 3.63) is 0 Å². The molecule has 0 aromatic rings. The predicted molar refractivity (Wildman–Crippen MR) is 75.3 cm³/mol. The fourth-order valence-electron chi connectivity index (χ4n) is 2.88. The minimum atomic E-state index is 0.00782. The molecule has 1 saturated carbocycles. The first-order valence-corrected chi connectivity index (χ1v) is 7.59. The summed E-state index contributed by atoms with van der Waals surface area (Å²) >= 11 is 0. The molecule has 0 spiro atoms. The molecule has 1 rings (SSSR count). The van der Waals surface area contributed by atoms with Crippen LogP contribution in [0, 0.1) is 23.7 Å². The summed E-state index contributed by atoms with van der Waals surface area (Å²) in [5.41, 5.74) is 0. The van der Waals surface area contributed by atoms with Crippen molar-refractivity contribution in [3.63, 3.8) is 0 Å². The fourth-order valence-corrected chi connectivity index (χ4v) is 2.88. The minimum Gasteiger partial charge on any atom is -0.462 e. The van der Waals surface area contributed by atoms with E-state index in [1.54, 1.807) is 0 Å². The Balaban J connectivity index is 2.47. The molecular formula is C16H30O2. The first-order chi connectivity index (χ1) is 8.40. The summed E-state index contributed by atoms with van der Waals surface area (Å²) in [5.74, 6) is 2.45. The number of hydrogen-bond acceptors (Lipinski definition) is 2. The van der Waals surface area contributed by atoms with Crippen molar-refractivity contribution < 1.29 is 9.53 Å². The Bertz CT molecular complexity index is 258. The molecule has 0 saturated heterocycles. The number of ether oxygens (including phenoxy) is 1. The molecule has 0 aromatic heterocycles. The van der Waals surface area contributed by atoms with E-state index in [0.29, 0.717) is 30.1 Å². The summed E-state index contributed by atoms with van der Waals surface area (Å²) in [5, 5.41) is 0. The molecule has 3 atom stereocenters. The van der Waals surface area contributed by atoms with Gasteiger partial charge in [-0.15, -0.1) is 0 Å². The Labute approximate surface area is 112 Å². The van der Waals surface area contributed by atoms with Crippen LogP contribution in [0.2, 0.25) is 0 Å². The van der Waals surface area contributed by atoms with Crippen LogP contribution in [0.15, 0.2) is 0 Å². The first kappa shape index (κ1) is 15.5. The maximum absolute atomic E-state index is 11.9. The summed E-state index contributed by atoms with van der Waals surface area (Å²) in [6.07, 6.45) is 5.22. The smallest absolute Gasteiger partial charge is 0.306 e. The number of carbonyl (C=O) groups excluding carboxylic acids is 1. The van der Waals surface area contributed by atoms with Crippen LogP contribution >= 0.6 is 0 Å². The molecule has 2 heteroatoms. The molecule has 0 radical (unpaired) electrons. The summed E-state index contributed by atoms with van der Waals surface area (Å²) in [7, 11) is 0. The van der Waals surface area contributed by atoms with Gasteiger partial charge in [-0.3, -0.25) is 4.79 Å². The Morgan fingerprint density at radius 1 is 1.22 bits per heavy atom. The van der Waals surface area contributed by atoms with Gasteiger partial charge in [0.1, 0.15) is 6.10 Å². The molecule has 1 aliphatic carbocycles. The van der Waals surface area contributed by atoms with Crippen LogP contribution in [-0.2, 0) is 9.53 Å². The third-order valence-corrected chi connectivity index (χ3v) is 4.17. The molecule has 0 heterocycles. The molecule has 0 bridgehead atoms. The van der Waals surface area contributed by atoms with Gasteiger partial charge in [0, 0.05) is 6.42 Å². The number of carbonyl (C=O) groups is 1. The van der Waals surface area contributed by atoms with Gasteiger partial charge in [0.2, 0.25) is 0 Å². The van der Waals surface area contributed by atoms with Gasteiger partial charge in [-0.2, -0.15) is 0 Å². The quantitative estimate of drug-likeness (QED) is 0.679. The molecule has 0 unspecified atom stereocenters. The molecule has 106 valence electrons. The molecule has 0 aromatic carbocycles. The van der Waals surface area contributed by atoms with E-state index in [2.05, 4.69) is 34.6 Å². The lowest BCUT2D eigenvalue weighted by atomic mass is 9.75. The SMILES string of the molecule is CC(C)CCC(=O)O[C@@H]1C[C@H](C)CC[C@H]1C(C)C. The topological polar surface area (TPSA) is 26.3 Å². The lowest BCUT2D eigenvalue weighted by molar-refractivity contribution is -0.156. The monoisotopic (exact) mass is 254 g/mol. The summed E-state index contributed by atoms with van der Waals surface area (Å²) < 4.78 is 5.75. The maximum Gasteiger partial charge on any atom is 0.306 e. The van der Waals surface area contributed by atoms with E-state index >= 15 is 0 Å². The molecule has 0 N–H and O–H groups in total. The molecule has 18 heavy (non-hydrogen) atoms. The van der Waals surface area contributed by atoms with E-state index in [9.17, 15) is 4.79 Å². The number of rotatable bonds is 5. The van der Waals surface area contributed by atoms with Gasteiger partial charge in [-0.1, -0.05) is 41.0 Å². The third kappa shape index (κ3) is 4.99. The largest absolute Gasteiger partial charge is 0.462 e. The second-order valence-electron chi connectivity index (χ2n) is 6.79. The van der Waals surface area contributed by atoms with E-state index in [0.717, 1.165) is 12.8 Å². The summed E-state index contributed by atoms with van der Waals surface area (Å²) in [4.78, 5) is 11.9. The van der Waals surface area contributed by atoms with Crippen LogP contribution in [0.4, 0.5) is 0 Å². The minimum absolute atomic E-state index is 0.00782. The van der Waals surface area contributed by atoms with Crippen molar-refractivity contribution in [1.82, 2.24) is 0 Å². The fraction of sp³-hybridized carbons (Fsp3) is 0.938. The first-order valence-electron chi connectivity index (χ1n) is 7.59. The third-order valence-electron chi connectivity index (χ3n) is 4.17. The van der Waals surface area contributed by atoms with Crippen LogP contribution in [0.5, 0.6) is 0 Å². The highest BCUT2D eigenvalue weighted by molar-refractivity contribution is 5.69. The van der Waals surface area contributed by atoms with E-state index in [4.69, 9.17) is 4.74 Å². The predicted octanol–water partition coefficient (Wildman–Crippen LogP) is 4.43. The van der Waals surface area contributed by atoms with Gasteiger partial charge in [0.15, 0.2) is 0 Å². The van der Waals surface area contributed by atoms with Gasteiger partial charge in [0.25, 0.3) is 0 Å². The normalized spacial score (nSPS) is 28.7. The standard InChI is InChI=1S/C16H30O2/c1-11(2)6-9-16(17)18-15-10-13(5)7-8-14(15)12(3)4/h11-15H,6-10H2,1-5H3/t13-,14+,15-/m1/s1. The van der Waals surface area contributed by atoms with Crippen molar-refractivity contribution in [2.75, 3.05) is 0 Å². The van der Waals surface area contributed by atoms with E-state index in [1.165, 1.54) is 12.8 Å². The van der Waals surface area contributed by atoms with E-state index < -0.39 is 0 Å². The zero-order valence-electron chi connectivity index (χ0n) is 12.7. The lowest BCUT2D eigenvalue weighted by Gasteiger charge is -2.36. The van der Waals surface area contributed by atoms with Gasteiger partial charge in [0.05, 0.1) is 0 Å². The second kappa shape index (κ2) is 7.16. The summed E-state index contributed by atoms with van der Waals surface area (Å²) in [6.45, 7) is 11.1. The van der Waals surface area contributed by atoms with Crippen LogP contribution in [0.3, 0.4) is 0 Å². The van der Waals surface area contributed by atoms with Crippen molar-refractivity contribution in [3.8, 4) is 0 Å². The van der Waals surface area contributed by atoms with Crippen LogP contribution in [0.25, 0.3) is 0 Å². The van der Waals surface area contributed by atoms with Crippen molar-refractivity contribution in [1.29, 1.82) is 0 Å². The number of esters is 1. The lowest BCUT2D eigenvalue weighted by Crippen LogP contribution is -2.35. The van der Waals surface area contributed by atoms with E-state index in [1.807, 2.05) is 0 Å². The average Bonchev–Trinajstić information content (AvgIpc) is 2.26. The highest BCUT2D eigenvalue weighted by Crippen LogP contribution is 2.35. The highest BCUT2D eigenvalue weighted by Gasteiger charge is 2.33. The number of hydrogen-bond donors (Lipinski definition) is 0. The Hall–Kier alpha value is -0.530. The maximum atomic E-state index is 11.9. The molecule has 0 aliphatic heterocycles. The van der Waals surface area contributed by atoms with Gasteiger partial charge < -0.3 is 4.74 Å². The zero-order valence-corrected chi connectivity index (χ0v) is 12.7. The molecule has 2 nitrogen and oxygen atoms in total. The van der Waals surface area contributed by atoms with Crippen molar-refractivity contribution in [2.24, 2.45) is 23.7 Å². The van der Waals surface area contributed by atoms with Crippen LogP contribution in [0.1, 0.15) is 66.7 Å². The van der Waals surface area contributed by atoms with E-state index in [-0.39, 0.29) is 12.1 Å². The average molecular weight is 254 g/mol. The van der Waals surface area contributed by atoms with Crippen molar-refractivity contribution in [2.45, 2.75) is 72.8 Å². The molecule has 1 fully saturated rings. The Morgan fingerprint density at radius 2 is 1.89 bits per heavy atom. The Kier molecular flexibility index (Phi) is 6.17. The van der Waals surface area contributed by atoms with Crippen LogP contribution in [-0.4, -0.2) is 12.1 Å². The summed E-state index contributed by atoms with van der Waals surface area (Å²) in [6, 6.07) is 0. The van der Waals surface area contributed by atoms with Gasteiger partial charge in [-0.25, -0.2) is 0 Å². The Morgan fingerprint density at radius 3 is 2.44 bits per heavy atom. The van der Waals surface area contributed by atoms with Crippen molar-refractivity contribution >= 4 is 5.97 Å². The highest BCUT2D eigenvalue weighted by atomic mass is 16.5. The van der Waals surface area contributed by atoms with Gasteiger partial charge >= 0.3 is 5.97 Å². The van der Waals surface area contributed by atoms with Gasteiger partial charge in [-0.05, 0) is 42.9 Å².